The first-order chi connectivity index (χ1) is 19.4. The van der Waals surface area contributed by atoms with Gasteiger partial charge in [0.1, 0.15) is 11.4 Å². The predicted molar refractivity (Wildman–Crippen MR) is 161 cm³/mol. The lowest BCUT2D eigenvalue weighted by Gasteiger charge is -2.13. The third kappa shape index (κ3) is 7.94. The summed E-state index contributed by atoms with van der Waals surface area (Å²) in [6, 6.07) is 30.8. The Hall–Kier alpha value is -4.62. The standard InChI is InChI=1S/C33H30N2O4S/c1-3-39-31-12-8-7-11-26(31)21-29(35-32(37)25-9-5-4-6-10-25)33(38)34-27-17-19-28(20-18-27)40-22-30(36)24-15-13-23(2)14-16-24/h4-21H,3,22H2,1-2H3,(H,34,38)(H,35,37)/b29-21-. The summed E-state index contributed by atoms with van der Waals surface area (Å²) < 4.78 is 5.70. The first-order valence-electron chi connectivity index (χ1n) is 12.9. The van der Waals surface area contributed by atoms with Crippen LogP contribution in [0.3, 0.4) is 0 Å². The van der Waals surface area contributed by atoms with E-state index in [1.165, 1.54) is 11.8 Å². The predicted octanol–water partition coefficient (Wildman–Crippen LogP) is 6.78. The molecule has 0 radical (unpaired) electrons. The zero-order valence-corrected chi connectivity index (χ0v) is 23.2. The molecule has 0 spiro atoms. The lowest BCUT2D eigenvalue weighted by molar-refractivity contribution is -0.113. The van der Waals surface area contributed by atoms with Gasteiger partial charge in [0, 0.05) is 27.3 Å². The quantitative estimate of drug-likeness (QED) is 0.122. The molecular formula is C33H30N2O4S. The van der Waals surface area contributed by atoms with Crippen LogP contribution in [0.15, 0.2) is 114 Å². The molecule has 0 saturated carbocycles. The molecule has 2 amide bonds. The fraction of sp³-hybridized carbons (Fsp3) is 0.121. The van der Waals surface area contributed by atoms with Crippen molar-refractivity contribution in [3.8, 4) is 5.75 Å². The first kappa shape index (κ1) is 28.4. The van der Waals surface area contributed by atoms with Gasteiger partial charge in [-0.15, -0.1) is 11.8 Å². The lowest BCUT2D eigenvalue weighted by Crippen LogP contribution is -2.30. The second-order valence-electron chi connectivity index (χ2n) is 8.91. The van der Waals surface area contributed by atoms with E-state index in [0.717, 1.165) is 10.5 Å². The molecule has 4 aromatic carbocycles. The molecule has 6 nitrogen and oxygen atoms in total. The van der Waals surface area contributed by atoms with Crippen molar-refractivity contribution < 1.29 is 19.1 Å². The summed E-state index contributed by atoms with van der Waals surface area (Å²) in [5.41, 5.74) is 3.51. The number of ether oxygens (including phenoxy) is 1. The summed E-state index contributed by atoms with van der Waals surface area (Å²) in [4.78, 5) is 39.7. The second-order valence-corrected chi connectivity index (χ2v) is 9.95. The number of hydrogen-bond acceptors (Lipinski definition) is 5. The Morgan fingerprint density at radius 3 is 2.17 bits per heavy atom. The van der Waals surface area contributed by atoms with E-state index < -0.39 is 11.8 Å². The van der Waals surface area contributed by atoms with Crippen LogP contribution in [0.4, 0.5) is 5.69 Å². The smallest absolute Gasteiger partial charge is 0.272 e. The van der Waals surface area contributed by atoms with Gasteiger partial charge in [-0.25, -0.2) is 0 Å². The summed E-state index contributed by atoms with van der Waals surface area (Å²) >= 11 is 1.43. The minimum Gasteiger partial charge on any atom is -0.493 e. The number of thioether (sulfide) groups is 1. The Labute approximate surface area is 238 Å². The van der Waals surface area contributed by atoms with Crippen LogP contribution in [0.2, 0.25) is 0 Å². The monoisotopic (exact) mass is 550 g/mol. The van der Waals surface area contributed by atoms with Crippen molar-refractivity contribution in [1.29, 1.82) is 0 Å². The molecule has 0 aliphatic rings. The van der Waals surface area contributed by atoms with E-state index in [4.69, 9.17) is 4.74 Å². The van der Waals surface area contributed by atoms with Crippen molar-refractivity contribution in [3.05, 3.63) is 131 Å². The minimum absolute atomic E-state index is 0.0543. The van der Waals surface area contributed by atoms with Crippen molar-refractivity contribution in [3.63, 3.8) is 0 Å². The third-order valence-electron chi connectivity index (χ3n) is 5.90. The van der Waals surface area contributed by atoms with Gasteiger partial charge in [-0.3, -0.25) is 14.4 Å². The highest BCUT2D eigenvalue weighted by Gasteiger charge is 2.16. The molecule has 4 rings (SSSR count). The SMILES string of the molecule is CCOc1ccccc1/C=C(\NC(=O)c1ccccc1)C(=O)Nc1ccc(SCC(=O)c2ccc(C)cc2)cc1. The Morgan fingerprint density at radius 1 is 0.800 bits per heavy atom. The van der Waals surface area contributed by atoms with Gasteiger partial charge >= 0.3 is 0 Å². The molecule has 0 saturated heterocycles. The van der Waals surface area contributed by atoms with E-state index in [0.29, 0.717) is 40.5 Å². The normalized spacial score (nSPS) is 11.0. The summed E-state index contributed by atoms with van der Waals surface area (Å²) in [6.45, 7) is 4.33. The average Bonchev–Trinajstić information content (AvgIpc) is 2.98. The number of amides is 2. The van der Waals surface area contributed by atoms with Crippen LogP contribution >= 0.6 is 11.8 Å². The van der Waals surface area contributed by atoms with Crippen LogP contribution in [0, 0.1) is 6.92 Å². The Bertz CT molecular complexity index is 1500. The Morgan fingerprint density at radius 2 is 1.48 bits per heavy atom. The zero-order valence-electron chi connectivity index (χ0n) is 22.3. The van der Waals surface area contributed by atoms with Gasteiger partial charge < -0.3 is 15.4 Å². The highest BCUT2D eigenvalue weighted by molar-refractivity contribution is 8.00. The number of nitrogens with one attached hydrogen (secondary N) is 2. The molecule has 40 heavy (non-hydrogen) atoms. The van der Waals surface area contributed by atoms with E-state index in [-0.39, 0.29) is 11.5 Å². The topological polar surface area (TPSA) is 84.5 Å². The highest BCUT2D eigenvalue weighted by atomic mass is 32.2. The Balaban J connectivity index is 1.47. The van der Waals surface area contributed by atoms with Gasteiger partial charge in [0.15, 0.2) is 5.78 Å². The number of hydrogen-bond donors (Lipinski definition) is 2. The van der Waals surface area contributed by atoms with E-state index in [9.17, 15) is 14.4 Å². The van der Waals surface area contributed by atoms with E-state index >= 15 is 0 Å². The molecule has 0 atom stereocenters. The van der Waals surface area contributed by atoms with Crippen LogP contribution in [-0.2, 0) is 4.79 Å². The largest absolute Gasteiger partial charge is 0.493 e. The number of anilines is 1. The van der Waals surface area contributed by atoms with Crippen molar-refractivity contribution in [1.82, 2.24) is 5.32 Å². The van der Waals surface area contributed by atoms with Gasteiger partial charge in [0.25, 0.3) is 11.8 Å². The average molecular weight is 551 g/mol. The first-order valence-corrected chi connectivity index (χ1v) is 13.9. The Kier molecular flexibility index (Phi) is 9.91. The molecule has 2 N–H and O–H groups in total. The number of carbonyl (C=O) groups is 3. The van der Waals surface area contributed by atoms with Gasteiger partial charge in [-0.1, -0.05) is 66.2 Å². The maximum atomic E-state index is 13.3. The zero-order chi connectivity index (χ0) is 28.3. The third-order valence-corrected chi connectivity index (χ3v) is 6.92. The number of benzene rings is 4. The number of para-hydroxylation sites is 1. The van der Waals surface area contributed by atoms with Crippen LogP contribution in [0.5, 0.6) is 5.75 Å². The van der Waals surface area contributed by atoms with E-state index in [1.54, 1.807) is 42.5 Å². The summed E-state index contributed by atoms with van der Waals surface area (Å²) in [6.07, 6.45) is 1.60. The molecule has 0 heterocycles. The van der Waals surface area contributed by atoms with Crippen LogP contribution in [0.1, 0.15) is 38.8 Å². The molecule has 0 aromatic heterocycles. The molecule has 0 bridgehead atoms. The molecule has 202 valence electrons. The fourth-order valence-corrected chi connectivity index (χ4v) is 4.58. The number of carbonyl (C=O) groups excluding carboxylic acids is 3. The van der Waals surface area contributed by atoms with Gasteiger partial charge in [0.05, 0.1) is 12.4 Å². The maximum Gasteiger partial charge on any atom is 0.272 e. The highest BCUT2D eigenvalue weighted by Crippen LogP contribution is 2.23. The van der Waals surface area contributed by atoms with Crippen molar-refractivity contribution in [2.75, 3.05) is 17.7 Å². The molecule has 0 fully saturated rings. The maximum absolute atomic E-state index is 13.3. The number of ketones is 1. The molecule has 0 aliphatic heterocycles. The van der Waals surface area contributed by atoms with Crippen LogP contribution in [0.25, 0.3) is 6.08 Å². The summed E-state index contributed by atoms with van der Waals surface area (Å²) in [5.74, 6) is 0.0859. The summed E-state index contributed by atoms with van der Waals surface area (Å²) in [5, 5.41) is 5.60. The molecule has 4 aromatic rings. The lowest BCUT2D eigenvalue weighted by atomic mass is 10.1. The van der Waals surface area contributed by atoms with E-state index in [1.807, 2.05) is 80.6 Å². The van der Waals surface area contributed by atoms with Crippen molar-refractivity contribution in [2.45, 2.75) is 18.7 Å². The van der Waals surface area contributed by atoms with Gasteiger partial charge in [0.2, 0.25) is 0 Å². The minimum atomic E-state index is -0.481. The fourth-order valence-electron chi connectivity index (χ4n) is 3.79. The van der Waals surface area contributed by atoms with E-state index in [2.05, 4.69) is 10.6 Å². The summed E-state index contributed by atoms with van der Waals surface area (Å²) in [7, 11) is 0. The molecule has 7 heteroatoms. The molecule has 0 aliphatic carbocycles. The van der Waals surface area contributed by atoms with Crippen LogP contribution < -0.4 is 15.4 Å². The van der Waals surface area contributed by atoms with Crippen LogP contribution in [-0.4, -0.2) is 30.0 Å². The number of aryl methyl sites for hydroxylation is 1. The molecule has 0 unspecified atom stereocenters. The van der Waals surface area contributed by atoms with Gasteiger partial charge in [-0.2, -0.15) is 0 Å². The van der Waals surface area contributed by atoms with Crippen molar-refractivity contribution >= 4 is 41.1 Å². The number of rotatable bonds is 11. The van der Waals surface area contributed by atoms with Gasteiger partial charge in [-0.05, 0) is 62.4 Å². The molecular weight excluding hydrogens is 520 g/mol. The number of Topliss-reactive ketones (excluding diaryl/α,β-unsaturated/α-hetero) is 1. The second kappa shape index (κ2) is 14.0. The van der Waals surface area contributed by atoms with Crippen molar-refractivity contribution in [2.24, 2.45) is 0 Å².